The summed E-state index contributed by atoms with van der Waals surface area (Å²) in [4.78, 5) is 0. The second kappa shape index (κ2) is 5.67. The van der Waals surface area contributed by atoms with Crippen LogP contribution in [0.25, 0.3) is 10.9 Å². The van der Waals surface area contributed by atoms with Crippen LogP contribution in [0.3, 0.4) is 0 Å². The molecule has 2 rings (SSSR count). The summed E-state index contributed by atoms with van der Waals surface area (Å²) in [6.07, 6.45) is 6.21. The average Bonchev–Trinajstić information content (AvgIpc) is 2.73. The number of aromatic nitrogens is 1. The molecule has 0 radical (unpaired) electrons. The SMILES string of the molecule is [O+]#Cc1cn(CCCCCF)c2ccccc12. The number of hydrogen-bond acceptors (Lipinski definition) is 0. The molecule has 2 aromatic rings. The van der Waals surface area contributed by atoms with Gasteiger partial charge >= 0.3 is 99.2 Å². The third-order valence-corrected chi connectivity index (χ3v) is 2.93. The maximum atomic E-state index is 12.0. The number of aryl methyl sites for hydroxylation is 1. The van der Waals surface area contributed by atoms with Gasteiger partial charge in [0, 0.05) is 0 Å². The Labute approximate surface area is 99.8 Å². The van der Waals surface area contributed by atoms with E-state index < -0.39 is 0 Å². The number of halogens is 1. The molecule has 0 aliphatic carbocycles. The molecule has 0 saturated carbocycles. The van der Waals surface area contributed by atoms with Crippen molar-refractivity contribution in [2.45, 2.75) is 25.8 Å². The van der Waals surface area contributed by atoms with Crippen LogP contribution < -0.4 is 0 Å². The molecule has 0 atom stereocenters. The molecule has 0 saturated heterocycles. The fourth-order valence-electron chi connectivity index (χ4n) is 2.07. The minimum atomic E-state index is -0.250. The van der Waals surface area contributed by atoms with Crippen LogP contribution in [0.4, 0.5) is 4.39 Å². The molecule has 1 aromatic carbocycles. The molecule has 2 nitrogen and oxygen atoms in total. The summed E-state index contributed by atoms with van der Waals surface area (Å²) in [6.45, 7) is 0.571. The first-order chi connectivity index (χ1) is 8.36. The number of alkyl halides is 1. The Morgan fingerprint density at radius 3 is 2.76 bits per heavy atom. The average molecular weight is 232 g/mol. The van der Waals surface area contributed by atoms with E-state index in [0.29, 0.717) is 12.0 Å². The number of unbranched alkanes of at least 4 members (excludes halogenated alkanes) is 2. The Bertz CT molecular complexity index is 539. The van der Waals surface area contributed by atoms with Crippen molar-refractivity contribution in [3.8, 4) is 6.15 Å². The van der Waals surface area contributed by atoms with Crippen molar-refractivity contribution in [1.82, 2.24) is 4.57 Å². The number of fused-ring (bicyclic) bond motifs is 1. The van der Waals surface area contributed by atoms with E-state index in [1.807, 2.05) is 41.2 Å². The van der Waals surface area contributed by atoms with Crippen LogP contribution in [-0.4, -0.2) is 11.2 Å². The summed E-state index contributed by atoms with van der Waals surface area (Å²) in [5.74, 6) is 0. The second-order valence-corrected chi connectivity index (χ2v) is 4.11. The van der Waals surface area contributed by atoms with Crippen LogP contribution in [0.2, 0.25) is 0 Å². The zero-order valence-corrected chi connectivity index (χ0v) is 9.66. The summed E-state index contributed by atoms with van der Waals surface area (Å²) in [5.41, 5.74) is 1.65. The first-order valence-corrected chi connectivity index (χ1v) is 5.89. The molecule has 1 heterocycles. The standard InChI is InChI=1S/C14H15FNO/c15-8-4-1-5-9-16-10-12(11-17)13-6-2-3-7-14(13)16/h2-3,6-7,10H,1,4-5,8-9H2/q+1. The minimum absolute atomic E-state index is 0.250. The Morgan fingerprint density at radius 1 is 1.18 bits per heavy atom. The number of benzene rings is 1. The second-order valence-electron chi connectivity index (χ2n) is 4.11. The van der Waals surface area contributed by atoms with Gasteiger partial charge in [-0.25, -0.2) is 0 Å². The number of nitrogens with zero attached hydrogens (tertiary/aromatic N) is 1. The van der Waals surface area contributed by atoms with Crippen molar-refractivity contribution in [3.05, 3.63) is 36.0 Å². The van der Waals surface area contributed by atoms with E-state index in [1.165, 1.54) is 0 Å². The van der Waals surface area contributed by atoms with Gasteiger partial charge in [-0.15, -0.1) is 0 Å². The monoisotopic (exact) mass is 232 g/mol. The number of hydrogen-bond donors (Lipinski definition) is 0. The first kappa shape index (κ1) is 11.9. The molecule has 3 heteroatoms. The zero-order chi connectivity index (χ0) is 12.1. The van der Waals surface area contributed by atoms with Gasteiger partial charge in [-0.05, 0) is 0 Å². The molecular weight excluding hydrogens is 217 g/mol. The summed E-state index contributed by atoms with van der Waals surface area (Å²) in [7, 11) is 0. The normalized spacial score (nSPS) is 10.6. The topological polar surface area (TPSA) is 24.8 Å². The molecule has 0 unspecified atom stereocenters. The van der Waals surface area contributed by atoms with Gasteiger partial charge in [-0.2, -0.15) is 0 Å². The first-order valence-electron chi connectivity index (χ1n) is 5.89. The molecule has 0 aliphatic rings. The van der Waals surface area contributed by atoms with Gasteiger partial charge in [0.2, 0.25) is 0 Å². The molecule has 0 N–H and O–H groups in total. The summed E-state index contributed by atoms with van der Waals surface area (Å²) in [5, 5.41) is 0.938. The van der Waals surface area contributed by atoms with E-state index in [-0.39, 0.29) is 6.67 Å². The quantitative estimate of drug-likeness (QED) is 0.556. The van der Waals surface area contributed by atoms with Gasteiger partial charge in [-0.3, -0.25) is 0 Å². The predicted octanol–water partition coefficient (Wildman–Crippen LogP) is 3.52. The summed E-state index contributed by atoms with van der Waals surface area (Å²) >= 11 is 0. The predicted molar refractivity (Wildman–Crippen MR) is 65.4 cm³/mol. The Balaban J connectivity index is 2.20. The molecule has 0 spiro atoms. The van der Waals surface area contributed by atoms with Gasteiger partial charge in [-0.1, -0.05) is 0 Å². The molecule has 0 bridgehead atoms. The van der Waals surface area contributed by atoms with Crippen LogP contribution >= 0.6 is 0 Å². The Kier molecular flexibility index (Phi) is 3.97. The molecule has 0 fully saturated rings. The Morgan fingerprint density at radius 2 is 2.00 bits per heavy atom. The summed E-state index contributed by atoms with van der Waals surface area (Å²) in [6, 6.07) is 7.78. The van der Waals surface area contributed by atoms with Crippen LogP contribution in [-0.2, 0) is 11.2 Å². The maximum absolute atomic E-state index is 12.0. The van der Waals surface area contributed by atoms with Crippen molar-refractivity contribution >= 4 is 10.9 Å². The van der Waals surface area contributed by atoms with Crippen molar-refractivity contribution in [2.24, 2.45) is 0 Å². The van der Waals surface area contributed by atoms with Gasteiger partial charge in [0.1, 0.15) is 0 Å². The van der Waals surface area contributed by atoms with Crippen molar-refractivity contribution in [2.75, 3.05) is 6.67 Å². The fraction of sp³-hybridized carbons (Fsp3) is 0.357. The number of para-hydroxylation sites is 1. The third-order valence-electron chi connectivity index (χ3n) is 2.93. The van der Waals surface area contributed by atoms with Crippen LogP contribution in [0.1, 0.15) is 24.8 Å². The van der Waals surface area contributed by atoms with Gasteiger partial charge < -0.3 is 0 Å². The van der Waals surface area contributed by atoms with E-state index in [4.69, 9.17) is 0 Å². The third kappa shape index (κ3) is 2.57. The molecule has 0 aliphatic heterocycles. The molecule has 88 valence electrons. The van der Waals surface area contributed by atoms with Crippen molar-refractivity contribution in [1.29, 1.82) is 0 Å². The van der Waals surface area contributed by atoms with E-state index in [0.717, 1.165) is 30.3 Å². The van der Waals surface area contributed by atoms with E-state index >= 15 is 0 Å². The van der Waals surface area contributed by atoms with E-state index in [1.54, 1.807) is 0 Å². The van der Waals surface area contributed by atoms with Crippen LogP contribution in [0.5, 0.6) is 0 Å². The van der Waals surface area contributed by atoms with Crippen molar-refractivity contribution < 1.29 is 9.04 Å². The molecule has 0 amide bonds. The van der Waals surface area contributed by atoms with Gasteiger partial charge in [0.25, 0.3) is 0 Å². The van der Waals surface area contributed by atoms with E-state index in [2.05, 4.69) is 0 Å². The summed E-state index contributed by atoms with van der Waals surface area (Å²) < 4.78 is 24.8. The molecular formula is C14H15FNO+. The van der Waals surface area contributed by atoms with Gasteiger partial charge in [0.15, 0.2) is 0 Å². The van der Waals surface area contributed by atoms with Crippen molar-refractivity contribution in [3.63, 3.8) is 0 Å². The van der Waals surface area contributed by atoms with E-state index in [9.17, 15) is 9.04 Å². The van der Waals surface area contributed by atoms with Gasteiger partial charge in [0.05, 0.1) is 0 Å². The fourth-order valence-corrected chi connectivity index (χ4v) is 2.07. The van der Waals surface area contributed by atoms with Crippen LogP contribution in [0, 0.1) is 6.15 Å². The number of rotatable bonds is 5. The van der Waals surface area contributed by atoms with Crippen LogP contribution in [0.15, 0.2) is 30.5 Å². The Hall–Kier alpha value is -1.57. The molecule has 17 heavy (non-hydrogen) atoms. The zero-order valence-electron chi connectivity index (χ0n) is 9.66. The molecule has 1 aromatic heterocycles.